The van der Waals surface area contributed by atoms with E-state index in [0.29, 0.717) is 11.3 Å². The van der Waals surface area contributed by atoms with Crippen molar-refractivity contribution in [3.63, 3.8) is 0 Å². The SMILES string of the molecule is CCOC(=O)c1ccccc1NC(=O)CNc1ccc(N2CCCCC2)cc1. The van der Waals surface area contributed by atoms with Crippen LogP contribution >= 0.6 is 0 Å². The zero-order chi connectivity index (χ0) is 19.8. The zero-order valence-electron chi connectivity index (χ0n) is 16.2. The molecule has 1 fully saturated rings. The minimum absolute atomic E-state index is 0.111. The standard InChI is InChI=1S/C22H27N3O3/c1-2-28-22(27)19-8-4-5-9-20(19)24-21(26)16-23-17-10-12-18(13-11-17)25-14-6-3-7-15-25/h4-5,8-13,23H,2-3,6-7,14-16H2,1H3,(H,24,26). The van der Waals surface area contributed by atoms with E-state index >= 15 is 0 Å². The van der Waals surface area contributed by atoms with Crippen molar-refractivity contribution in [2.24, 2.45) is 0 Å². The van der Waals surface area contributed by atoms with E-state index in [2.05, 4.69) is 27.7 Å². The van der Waals surface area contributed by atoms with Crippen LogP contribution in [0.15, 0.2) is 48.5 Å². The van der Waals surface area contributed by atoms with E-state index in [9.17, 15) is 9.59 Å². The molecule has 1 amide bonds. The number of piperidine rings is 1. The van der Waals surface area contributed by atoms with Gasteiger partial charge in [0.1, 0.15) is 0 Å². The van der Waals surface area contributed by atoms with Gasteiger partial charge in [0.2, 0.25) is 5.91 Å². The lowest BCUT2D eigenvalue weighted by Crippen LogP contribution is -2.29. The monoisotopic (exact) mass is 381 g/mol. The lowest BCUT2D eigenvalue weighted by atomic mass is 10.1. The summed E-state index contributed by atoms with van der Waals surface area (Å²) in [5.41, 5.74) is 2.91. The molecule has 0 radical (unpaired) electrons. The fourth-order valence-corrected chi connectivity index (χ4v) is 3.30. The highest BCUT2D eigenvalue weighted by Gasteiger charge is 2.14. The number of amides is 1. The molecule has 2 aromatic carbocycles. The van der Waals surface area contributed by atoms with Gasteiger partial charge < -0.3 is 20.3 Å². The molecule has 1 aliphatic rings. The highest BCUT2D eigenvalue weighted by molar-refractivity contribution is 6.02. The topological polar surface area (TPSA) is 70.7 Å². The number of hydrogen-bond donors (Lipinski definition) is 2. The summed E-state index contributed by atoms with van der Waals surface area (Å²) in [6.45, 7) is 4.36. The van der Waals surface area contributed by atoms with Crippen LogP contribution in [0.4, 0.5) is 17.1 Å². The van der Waals surface area contributed by atoms with Crippen molar-refractivity contribution in [2.75, 3.05) is 41.8 Å². The van der Waals surface area contributed by atoms with Gasteiger partial charge in [-0.05, 0) is 62.6 Å². The van der Waals surface area contributed by atoms with Crippen LogP contribution in [0.25, 0.3) is 0 Å². The van der Waals surface area contributed by atoms with Crippen molar-refractivity contribution < 1.29 is 14.3 Å². The minimum Gasteiger partial charge on any atom is -0.462 e. The molecule has 0 bridgehead atoms. The molecule has 1 aliphatic heterocycles. The lowest BCUT2D eigenvalue weighted by Gasteiger charge is -2.28. The quantitative estimate of drug-likeness (QED) is 0.712. The summed E-state index contributed by atoms with van der Waals surface area (Å²) in [6.07, 6.45) is 3.80. The molecule has 1 heterocycles. The molecule has 0 aliphatic carbocycles. The van der Waals surface area contributed by atoms with Gasteiger partial charge in [-0.15, -0.1) is 0 Å². The number of carbonyl (C=O) groups excluding carboxylic acids is 2. The molecule has 0 spiro atoms. The Labute approximate surface area is 165 Å². The van der Waals surface area contributed by atoms with Crippen LogP contribution < -0.4 is 15.5 Å². The zero-order valence-corrected chi connectivity index (χ0v) is 16.2. The predicted octanol–water partition coefficient (Wildman–Crippen LogP) is 3.90. The van der Waals surface area contributed by atoms with Crippen LogP contribution in [0.1, 0.15) is 36.5 Å². The molecule has 2 aromatic rings. The average molecular weight is 381 g/mol. The van der Waals surface area contributed by atoms with Crippen LogP contribution in [0.5, 0.6) is 0 Å². The third-order valence-electron chi connectivity index (χ3n) is 4.74. The second kappa shape index (κ2) is 9.78. The summed E-state index contributed by atoms with van der Waals surface area (Å²) < 4.78 is 5.03. The van der Waals surface area contributed by atoms with Crippen molar-refractivity contribution in [2.45, 2.75) is 26.2 Å². The van der Waals surface area contributed by atoms with Crippen molar-refractivity contribution in [1.29, 1.82) is 0 Å². The fraction of sp³-hybridized carbons (Fsp3) is 0.364. The average Bonchev–Trinajstić information content (AvgIpc) is 2.74. The van der Waals surface area contributed by atoms with Crippen LogP contribution in [-0.4, -0.2) is 38.1 Å². The summed E-state index contributed by atoms with van der Waals surface area (Å²) in [4.78, 5) is 26.7. The summed E-state index contributed by atoms with van der Waals surface area (Å²) in [5.74, 6) is -0.670. The number of para-hydroxylation sites is 1. The third-order valence-corrected chi connectivity index (χ3v) is 4.74. The predicted molar refractivity (Wildman–Crippen MR) is 112 cm³/mol. The van der Waals surface area contributed by atoms with Gasteiger partial charge >= 0.3 is 5.97 Å². The maximum absolute atomic E-state index is 12.3. The maximum Gasteiger partial charge on any atom is 0.340 e. The Morgan fingerprint density at radius 1 is 1.00 bits per heavy atom. The van der Waals surface area contributed by atoms with Crippen LogP contribution in [-0.2, 0) is 9.53 Å². The molecule has 1 saturated heterocycles. The first-order valence-electron chi connectivity index (χ1n) is 9.82. The molecule has 0 saturated carbocycles. The van der Waals surface area contributed by atoms with E-state index in [1.54, 1.807) is 31.2 Å². The molecular weight excluding hydrogens is 354 g/mol. The van der Waals surface area contributed by atoms with Gasteiger partial charge in [0, 0.05) is 24.5 Å². The Hall–Kier alpha value is -3.02. The summed E-state index contributed by atoms with van der Waals surface area (Å²) in [7, 11) is 0. The highest BCUT2D eigenvalue weighted by Crippen LogP contribution is 2.22. The smallest absolute Gasteiger partial charge is 0.340 e. The summed E-state index contributed by atoms with van der Waals surface area (Å²) in [6, 6.07) is 15.0. The Kier molecular flexibility index (Phi) is 6.89. The Bertz CT molecular complexity index is 799. The van der Waals surface area contributed by atoms with E-state index in [-0.39, 0.29) is 19.1 Å². The number of carbonyl (C=O) groups is 2. The number of benzene rings is 2. The van der Waals surface area contributed by atoms with Crippen LogP contribution in [0, 0.1) is 0 Å². The van der Waals surface area contributed by atoms with Gasteiger partial charge in [0.25, 0.3) is 0 Å². The number of nitrogens with one attached hydrogen (secondary N) is 2. The van der Waals surface area contributed by atoms with Crippen molar-refractivity contribution in [3.05, 3.63) is 54.1 Å². The molecule has 3 rings (SSSR count). The molecule has 148 valence electrons. The van der Waals surface area contributed by atoms with Crippen molar-refractivity contribution in [3.8, 4) is 0 Å². The molecule has 0 unspecified atom stereocenters. The van der Waals surface area contributed by atoms with E-state index in [0.717, 1.165) is 18.8 Å². The Balaban J connectivity index is 1.54. The van der Waals surface area contributed by atoms with E-state index in [4.69, 9.17) is 4.74 Å². The second-order valence-electron chi connectivity index (χ2n) is 6.76. The van der Waals surface area contributed by atoms with Gasteiger partial charge in [-0.1, -0.05) is 12.1 Å². The second-order valence-corrected chi connectivity index (χ2v) is 6.76. The largest absolute Gasteiger partial charge is 0.462 e. The molecule has 6 heteroatoms. The normalized spacial score (nSPS) is 13.7. The molecule has 6 nitrogen and oxygen atoms in total. The molecule has 2 N–H and O–H groups in total. The highest BCUT2D eigenvalue weighted by atomic mass is 16.5. The first-order valence-corrected chi connectivity index (χ1v) is 9.82. The first-order chi connectivity index (χ1) is 13.7. The van der Waals surface area contributed by atoms with Crippen LogP contribution in [0.2, 0.25) is 0 Å². The minimum atomic E-state index is -0.445. The third kappa shape index (κ3) is 5.25. The number of rotatable bonds is 7. The number of hydrogen-bond acceptors (Lipinski definition) is 5. The van der Waals surface area contributed by atoms with Gasteiger partial charge in [-0.25, -0.2) is 4.79 Å². The van der Waals surface area contributed by atoms with E-state index < -0.39 is 5.97 Å². The van der Waals surface area contributed by atoms with Gasteiger partial charge in [-0.3, -0.25) is 4.79 Å². The van der Waals surface area contributed by atoms with Gasteiger partial charge in [0.05, 0.1) is 24.4 Å². The van der Waals surface area contributed by atoms with Crippen molar-refractivity contribution in [1.82, 2.24) is 0 Å². The number of anilines is 3. The molecule has 0 atom stereocenters. The summed E-state index contributed by atoms with van der Waals surface area (Å²) in [5, 5.41) is 5.89. The summed E-state index contributed by atoms with van der Waals surface area (Å²) >= 11 is 0. The Morgan fingerprint density at radius 3 is 2.43 bits per heavy atom. The molecule has 0 aromatic heterocycles. The van der Waals surface area contributed by atoms with Crippen LogP contribution in [0.3, 0.4) is 0 Å². The van der Waals surface area contributed by atoms with Gasteiger partial charge in [0.15, 0.2) is 0 Å². The first kappa shape index (κ1) is 19.7. The fourth-order valence-electron chi connectivity index (χ4n) is 3.30. The number of ether oxygens (including phenoxy) is 1. The number of nitrogens with zero attached hydrogens (tertiary/aromatic N) is 1. The van der Waals surface area contributed by atoms with Crippen molar-refractivity contribution >= 4 is 28.9 Å². The molecule has 28 heavy (non-hydrogen) atoms. The number of esters is 1. The van der Waals surface area contributed by atoms with Gasteiger partial charge in [-0.2, -0.15) is 0 Å². The Morgan fingerprint density at radius 2 is 1.71 bits per heavy atom. The van der Waals surface area contributed by atoms with E-state index in [1.807, 2.05) is 12.1 Å². The van der Waals surface area contributed by atoms with E-state index in [1.165, 1.54) is 24.9 Å². The lowest BCUT2D eigenvalue weighted by molar-refractivity contribution is -0.114. The molecular formula is C22H27N3O3. The maximum atomic E-state index is 12.3.